The summed E-state index contributed by atoms with van der Waals surface area (Å²) in [5.41, 5.74) is -0.0125. The molecule has 2 N–H and O–H groups in total. The molecule has 3 rings (SSSR count). The first-order valence-corrected chi connectivity index (χ1v) is 9.77. The van der Waals surface area contributed by atoms with Gasteiger partial charge >= 0.3 is 12.1 Å². The second-order valence-electron chi connectivity index (χ2n) is 7.33. The topological polar surface area (TPSA) is 88.5 Å². The van der Waals surface area contributed by atoms with Crippen LogP contribution >= 0.6 is 11.6 Å². The molecule has 0 bridgehead atoms. The average Bonchev–Trinajstić information content (AvgIpc) is 3.53. The van der Waals surface area contributed by atoms with Crippen molar-refractivity contribution in [1.82, 2.24) is 20.4 Å². The number of halogens is 3. The smallest absolute Gasteiger partial charge is 0.318 e. The van der Waals surface area contributed by atoms with Crippen LogP contribution in [0.2, 0.25) is 5.02 Å². The van der Waals surface area contributed by atoms with Crippen molar-refractivity contribution in [2.24, 2.45) is 5.92 Å². The van der Waals surface area contributed by atoms with Gasteiger partial charge in [0.15, 0.2) is 0 Å². The van der Waals surface area contributed by atoms with E-state index in [2.05, 4.69) is 16.7 Å². The number of amides is 4. The van der Waals surface area contributed by atoms with Crippen molar-refractivity contribution in [3.05, 3.63) is 34.4 Å². The Hall–Kier alpha value is -2.60. The third-order valence-electron chi connectivity index (χ3n) is 5.20. The number of rotatable bonds is 4. The van der Waals surface area contributed by atoms with Gasteiger partial charge in [0.1, 0.15) is 11.6 Å². The number of likely N-dealkylation sites (tertiary alicyclic amines) is 1. The minimum Gasteiger partial charge on any atom is -0.341 e. The van der Waals surface area contributed by atoms with Gasteiger partial charge in [-0.25, -0.2) is 18.4 Å². The van der Waals surface area contributed by atoms with Crippen LogP contribution in [0, 0.1) is 28.9 Å². The van der Waals surface area contributed by atoms with Crippen molar-refractivity contribution in [3.63, 3.8) is 0 Å². The lowest BCUT2D eigenvalue weighted by Gasteiger charge is -2.41. The molecular weight excluding hydrogens is 404 g/mol. The van der Waals surface area contributed by atoms with E-state index in [9.17, 15) is 23.6 Å². The van der Waals surface area contributed by atoms with Crippen LogP contribution in [0.3, 0.4) is 0 Å². The van der Waals surface area contributed by atoms with Crippen LogP contribution in [-0.2, 0) is 6.54 Å². The molecule has 0 radical (unpaired) electrons. The monoisotopic (exact) mass is 425 g/mol. The lowest BCUT2D eigenvalue weighted by molar-refractivity contribution is 0.103. The fourth-order valence-corrected chi connectivity index (χ4v) is 3.79. The predicted molar refractivity (Wildman–Crippen MR) is 102 cm³/mol. The minimum absolute atomic E-state index is 0.00998. The highest BCUT2D eigenvalue weighted by Gasteiger charge is 2.41. The molecule has 156 valence electrons. The van der Waals surface area contributed by atoms with Crippen LogP contribution in [0.25, 0.3) is 0 Å². The van der Waals surface area contributed by atoms with Gasteiger partial charge in [0.05, 0.1) is 23.1 Å². The maximum atomic E-state index is 14.0. The van der Waals surface area contributed by atoms with E-state index >= 15 is 0 Å². The Labute approximate surface area is 172 Å². The van der Waals surface area contributed by atoms with Gasteiger partial charge in [-0.2, -0.15) is 5.26 Å². The van der Waals surface area contributed by atoms with Crippen molar-refractivity contribution in [1.29, 1.82) is 5.26 Å². The van der Waals surface area contributed by atoms with Gasteiger partial charge in [0.2, 0.25) is 0 Å². The van der Waals surface area contributed by atoms with Crippen LogP contribution in [0.15, 0.2) is 12.1 Å². The van der Waals surface area contributed by atoms with Crippen LogP contribution in [0.1, 0.15) is 24.8 Å². The minimum atomic E-state index is -0.762. The number of carbonyl (C=O) groups is 2. The van der Waals surface area contributed by atoms with E-state index in [0.717, 1.165) is 25.0 Å². The van der Waals surface area contributed by atoms with Crippen LogP contribution < -0.4 is 10.6 Å². The van der Waals surface area contributed by atoms with Crippen LogP contribution in [0.4, 0.5) is 18.4 Å². The molecule has 2 atom stereocenters. The largest absolute Gasteiger partial charge is 0.341 e. The molecule has 2 unspecified atom stereocenters. The standard InChI is InChI=1S/C19H22ClF2N5O2/c1-24-18(28)26-9-11(7-23)4-14(10-26)27(13-2-3-13)19(29)25-8-12-5-17(22)15(20)6-16(12)21/h5-6,11,13-14H,2-4,8-10H2,1H3,(H,24,28)(H,25,29). The third kappa shape index (κ3) is 4.88. The first-order chi connectivity index (χ1) is 13.8. The Morgan fingerprint density at radius 1 is 1.28 bits per heavy atom. The SMILES string of the molecule is CNC(=O)N1CC(C#N)CC(N(C(=O)NCc2cc(F)c(Cl)cc2F)C2CC2)C1. The predicted octanol–water partition coefficient (Wildman–Crippen LogP) is 2.85. The molecule has 1 aliphatic carbocycles. The number of carbonyl (C=O) groups excluding carboxylic acids is 2. The molecule has 1 heterocycles. The number of benzene rings is 1. The number of piperidine rings is 1. The van der Waals surface area contributed by atoms with E-state index in [1.807, 2.05) is 0 Å². The molecule has 2 aliphatic rings. The fraction of sp³-hybridized carbons (Fsp3) is 0.526. The van der Waals surface area contributed by atoms with Gasteiger partial charge in [-0.05, 0) is 31.4 Å². The van der Waals surface area contributed by atoms with Gasteiger partial charge in [0.25, 0.3) is 0 Å². The highest BCUT2D eigenvalue weighted by molar-refractivity contribution is 6.30. The zero-order valence-corrected chi connectivity index (χ0v) is 16.7. The summed E-state index contributed by atoms with van der Waals surface area (Å²) < 4.78 is 27.6. The first kappa shape index (κ1) is 21.1. The number of nitrogens with zero attached hydrogens (tertiary/aromatic N) is 3. The van der Waals surface area contributed by atoms with Crippen molar-refractivity contribution in [3.8, 4) is 6.07 Å². The van der Waals surface area contributed by atoms with Crippen LogP contribution in [-0.4, -0.2) is 54.1 Å². The average molecular weight is 426 g/mol. The summed E-state index contributed by atoms with van der Waals surface area (Å²) in [5, 5.41) is 14.2. The summed E-state index contributed by atoms with van der Waals surface area (Å²) in [6.07, 6.45) is 2.11. The molecule has 4 amide bonds. The van der Waals surface area contributed by atoms with Gasteiger partial charge in [-0.3, -0.25) is 0 Å². The summed E-state index contributed by atoms with van der Waals surface area (Å²) in [5.74, 6) is -1.85. The van der Waals surface area contributed by atoms with Crippen molar-refractivity contribution < 1.29 is 18.4 Å². The van der Waals surface area contributed by atoms with E-state index in [-0.39, 0.29) is 41.2 Å². The summed E-state index contributed by atoms with van der Waals surface area (Å²) >= 11 is 5.55. The Morgan fingerprint density at radius 3 is 2.62 bits per heavy atom. The second-order valence-corrected chi connectivity index (χ2v) is 7.74. The highest BCUT2D eigenvalue weighted by Crippen LogP contribution is 2.32. The Kier molecular flexibility index (Phi) is 6.42. The molecule has 1 aromatic rings. The van der Waals surface area contributed by atoms with Crippen molar-refractivity contribution in [2.75, 3.05) is 20.1 Å². The molecule has 1 aliphatic heterocycles. The maximum Gasteiger partial charge on any atom is 0.318 e. The van der Waals surface area contributed by atoms with Crippen molar-refractivity contribution >= 4 is 23.7 Å². The highest BCUT2D eigenvalue weighted by atomic mass is 35.5. The molecule has 0 spiro atoms. The number of urea groups is 2. The third-order valence-corrected chi connectivity index (χ3v) is 5.49. The Balaban J connectivity index is 1.72. The lowest BCUT2D eigenvalue weighted by Crippen LogP contribution is -2.57. The molecule has 2 fully saturated rings. The summed E-state index contributed by atoms with van der Waals surface area (Å²) in [6, 6.07) is 2.97. The van der Waals surface area contributed by atoms with Gasteiger partial charge in [0, 0.05) is 38.3 Å². The Bertz CT molecular complexity index is 843. The van der Waals surface area contributed by atoms with E-state index < -0.39 is 17.7 Å². The first-order valence-electron chi connectivity index (χ1n) is 9.39. The fourth-order valence-electron chi connectivity index (χ4n) is 3.64. The molecule has 10 heteroatoms. The number of nitriles is 1. The molecular formula is C19H22ClF2N5O2. The van der Waals surface area contributed by atoms with Gasteiger partial charge < -0.3 is 20.4 Å². The normalized spacial score (nSPS) is 21.3. The van der Waals surface area contributed by atoms with Crippen molar-refractivity contribution in [2.45, 2.75) is 37.9 Å². The van der Waals surface area contributed by atoms with E-state index in [1.165, 1.54) is 11.9 Å². The summed E-state index contributed by atoms with van der Waals surface area (Å²) in [4.78, 5) is 28.1. The van der Waals surface area contributed by atoms with E-state index in [0.29, 0.717) is 19.5 Å². The van der Waals surface area contributed by atoms with E-state index in [4.69, 9.17) is 11.6 Å². The van der Waals surface area contributed by atoms with E-state index in [1.54, 1.807) is 4.90 Å². The maximum absolute atomic E-state index is 14.0. The molecule has 29 heavy (non-hydrogen) atoms. The van der Waals surface area contributed by atoms with Crippen LogP contribution in [0.5, 0.6) is 0 Å². The zero-order chi connectivity index (χ0) is 21.1. The number of hydrogen-bond acceptors (Lipinski definition) is 3. The number of hydrogen-bond donors (Lipinski definition) is 2. The molecule has 1 saturated carbocycles. The Morgan fingerprint density at radius 2 is 2.00 bits per heavy atom. The quantitative estimate of drug-likeness (QED) is 0.727. The molecule has 0 aromatic heterocycles. The zero-order valence-electron chi connectivity index (χ0n) is 15.9. The van der Waals surface area contributed by atoms with Gasteiger partial charge in [-0.15, -0.1) is 0 Å². The molecule has 1 saturated heterocycles. The van der Waals surface area contributed by atoms with Gasteiger partial charge in [-0.1, -0.05) is 11.6 Å². The summed E-state index contributed by atoms with van der Waals surface area (Å²) in [6.45, 7) is 0.420. The second kappa shape index (κ2) is 8.82. The molecule has 7 nitrogen and oxygen atoms in total. The molecule has 1 aromatic carbocycles. The lowest BCUT2D eigenvalue weighted by atomic mass is 9.94. The summed E-state index contributed by atoms with van der Waals surface area (Å²) in [7, 11) is 1.51. The number of nitrogens with one attached hydrogen (secondary N) is 2.